The normalized spacial score (nSPS) is 11.3. The summed E-state index contributed by atoms with van der Waals surface area (Å²) in [7, 11) is 0. The molecule has 5 heteroatoms. The zero-order chi connectivity index (χ0) is 15.4. The van der Waals surface area contributed by atoms with Crippen molar-refractivity contribution < 1.29 is 4.79 Å². The summed E-state index contributed by atoms with van der Waals surface area (Å²) < 4.78 is 1.45. The van der Waals surface area contributed by atoms with Gasteiger partial charge in [0, 0.05) is 23.0 Å². The predicted octanol–water partition coefficient (Wildman–Crippen LogP) is 2.68. The lowest BCUT2D eigenvalue weighted by Gasteiger charge is -2.10. The van der Waals surface area contributed by atoms with Crippen molar-refractivity contribution in [2.75, 3.05) is 5.32 Å². The number of aryl methyl sites for hydroxylation is 1. The number of rotatable bonds is 3. The second-order valence-electron chi connectivity index (χ2n) is 4.68. The maximum atomic E-state index is 12.1. The highest BCUT2D eigenvalue weighted by Gasteiger charge is 2.11. The molecule has 1 N–H and O–H groups in total. The molecule has 1 aromatic carbocycles. The molecular formula is C16H17N3O2. The van der Waals surface area contributed by atoms with E-state index in [-0.39, 0.29) is 11.7 Å². The Labute approximate surface area is 123 Å². The second kappa shape index (κ2) is 6.17. The van der Waals surface area contributed by atoms with E-state index in [2.05, 4.69) is 10.3 Å². The Morgan fingerprint density at radius 1 is 1.29 bits per heavy atom. The minimum Gasteiger partial charge on any atom is -0.306 e. The predicted molar refractivity (Wildman–Crippen MR) is 83.3 cm³/mol. The summed E-state index contributed by atoms with van der Waals surface area (Å²) in [4.78, 5) is 28.0. The maximum Gasteiger partial charge on any atom is 0.353 e. The molecule has 1 amide bonds. The van der Waals surface area contributed by atoms with E-state index in [0.29, 0.717) is 5.56 Å². The summed E-state index contributed by atoms with van der Waals surface area (Å²) >= 11 is 0. The smallest absolute Gasteiger partial charge is 0.306 e. The van der Waals surface area contributed by atoms with E-state index in [4.69, 9.17) is 0 Å². The Bertz CT molecular complexity index is 746. The van der Waals surface area contributed by atoms with Gasteiger partial charge in [-0.15, -0.1) is 0 Å². The first-order valence-electron chi connectivity index (χ1n) is 6.63. The number of anilines is 1. The van der Waals surface area contributed by atoms with Gasteiger partial charge in [-0.2, -0.15) is 4.98 Å². The molecule has 0 aliphatic carbocycles. The Balaban J connectivity index is 2.32. The molecule has 0 aliphatic heterocycles. The third-order valence-electron chi connectivity index (χ3n) is 3.18. The van der Waals surface area contributed by atoms with Gasteiger partial charge in [0.1, 0.15) is 5.82 Å². The topological polar surface area (TPSA) is 64.0 Å². The largest absolute Gasteiger partial charge is 0.353 e. The molecule has 0 atom stereocenters. The lowest BCUT2D eigenvalue weighted by molar-refractivity contribution is 0.102. The van der Waals surface area contributed by atoms with Crippen molar-refractivity contribution in [2.45, 2.75) is 20.8 Å². The van der Waals surface area contributed by atoms with E-state index in [0.717, 1.165) is 11.3 Å². The Hall–Kier alpha value is -2.69. The van der Waals surface area contributed by atoms with Crippen molar-refractivity contribution in [3.63, 3.8) is 0 Å². The Kier molecular flexibility index (Phi) is 4.33. The molecule has 1 aromatic heterocycles. The summed E-state index contributed by atoms with van der Waals surface area (Å²) in [5.74, 6) is 0.000103. The van der Waals surface area contributed by atoms with Gasteiger partial charge in [-0.05, 0) is 32.9 Å². The van der Waals surface area contributed by atoms with Crippen molar-refractivity contribution in [3.8, 4) is 0 Å². The summed E-state index contributed by atoms with van der Waals surface area (Å²) in [5.41, 5.74) is 1.61. The number of nitrogens with one attached hydrogen (secondary N) is 1. The van der Waals surface area contributed by atoms with Gasteiger partial charge in [-0.3, -0.25) is 9.36 Å². The molecule has 0 saturated carbocycles. The fourth-order valence-corrected chi connectivity index (χ4v) is 1.84. The minimum atomic E-state index is -0.417. The van der Waals surface area contributed by atoms with Gasteiger partial charge in [0.05, 0.1) is 0 Å². The van der Waals surface area contributed by atoms with Crippen molar-refractivity contribution in [2.24, 2.45) is 0 Å². The molecule has 2 rings (SSSR count). The van der Waals surface area contributed by atoms with Gasteiger partial charge in [-0.1, -0.05) is 24.3 Å². The number of hydrogen-bond acceptors (Lipinski definition) is 3. The van der Waals surface area contributed by atoms with E-state index in [1.807, 2.05) is 26.0 Å². The molecule has 21 heavy (non-hydrogen) atoms. The van der Waals surface area contributed by atoms with Crippen LogP contribution in [0.2, 0.25) is 0 Å². The first kappa shape index (κ1) is 14.7. The second-order valence-corrected chi connectivity index (χ2v) is 4.68. The zero-order valence-corrected chi connectivity index (χ0v) is 12.3. The van der Waals surface area contributed by atoms with Crippen molar-refractivity contribution in [1.29, 1.82) is 0 Å². The number of allylic oxidation sites excluding steroid dienone is 2. The van der Waals surface area contributed by atoms with Crippen molar-refractivity contribution in [1.82, 2.24) is 9.55 Å². The molecule has 0 aliphatic rings. The van der Waals surface area contributed by atoms with Crippen LogP contribution in [0.25, 0.3) is 5.70 Å². The van der Waals surface area contributed by atoms with E-state index in [1.165, 1.54) is 4.57 Å². The van der Waals surface area contributed by atoms with E-state index in [1.54, 1.807) is 37.4 Å². The van der Waals surface area contributed by atoms with Crippen LogP contribution in [0, 0.1) is 6.92 Å². The zero-order valence-electron chi connectivity index (χ0n) is 12.3. The van der Waals surface area contributed by atoms with Crippen LogP contribution in [-0.4, -0.2) is 15.5 Å². The van der Waals surface area contributed by atoms with Gasteiger partial charge in [0.15, 0.2) is 0 Å². The molecular weight excluding hydrogens is 266 g/mol. The highest BCUT2D eigenvalue weighted by Crippen LogP contribution is 2.11. The lowest BCUT2D eigenvalue weighted by atomic mass is 10.2. The first-order valence-corrected chi connectivity index (χ1v) is 6.63. The highest BCUT2D eigenvalue weighted by atomic mass is 16.2. The number of benzene rings is 1. The summed E-state index contributed by atoms with van der Waals surface area (Å²) in [6, 6.07) is 8.80. The standard InChI is InChI=1S/C16H17N3O2/c1-4-12(3)19-10-11(2)14(18-16(19)21)17-15(20)13-8-6-5-7-9-13/h4-10H,1-3H3,(H,17,18,20,21). The maximum absolute atomic E-state index is 12.1. The number of carbonyl (C=O) groups excluding carboxylic acids is 1. The van der Waals surface area contributed by atoms with Crippen LogP contribution in [0.3, 0.4) is 0 Å². The number of carbonyl (C=O) groups is 1. The molecule has 0 radical (unpaired) electrons. The van der Waals surface area contributed by atoms with Crippen molar-refractivity contribution >= 4 is 17.4 Å². The highest BCUT2D eigenvalue weighted by molar-refractivity contribution is 6.04. The average molecular weight is 283 g/mol. The van der Waals surface area contributed by atoms with Gasteiger partial charge in [0.2, 0.25) is 0 Å². The van der Waals surface area contributed by atoms with Crippen LogP contribution < -0.4 is 11.0 Å². The molecule has 0 bridgehead atoms. The summed E-state index contributed by atoms with van der Waals surface area (Å²) in [6.45, 7) is 5.47. The summed E-state index contributed by atoms with van der Waals surface area (Å²) in [5, 5.41) is 2.67. The van der Waals surface area contributed by atoms with Gasteiger partial charge >= 0.3 is 5.69 Å². The van der Waals surface area contributed by atoms with Crippen LogP contribution >= 0.6 is 0 Å². The average Bonchev–Trinajstić information content (AvgIpc) is 2.50. The lowest BCUT2D eigenvalue weighted by Crippen LogP contribution is -2.25. The Morgan fingerprint density at radius 2 is 1.95 bits per heavy atom. The summed E-state index contributed by atoms with van der Waals surface area (Å²) in [6.07, 6.45) is 3.50. The third kappa shape index (κ3) is 3.25. The van der Waals surface area contributed by atoms with E-state index in [9.17, 15) is 9.59 Å². The number of aromatic nitrogens is 2. The first-order chi connectivity index (χ1) is 10.0. The van der Waals surface area contributed by atoms with Crippen LogP contribution in [0.5, 0.6) is 0 Å². The van der Waals surface area contributed by atoms with Gasteiger partial charge in [-0.25, -0.2) is 4.79 Å². The Morgan fingerprint density at radius 3 is 2.57 bits per heavy atom. The molecule has 0 fully saturated rings. The molecule has 1 heterocycles. The van der Waals surface area contributed by atoms with Crippen LogP contribution in [0.1, 0.15) is 29.8 Å². The molecule has 5 nitrogen and oxygen atoms in total. The van der Waals surface area contributed by atoms with Gasteiger partial charge < -0.3 is 5.32 Å². The van der Waals surface area contributed by atoms with Crippen molar-refractivity contribution in [3.05, 3.63) is 64.2 Å². The number of amides is 1. The van der Waals surface area contributed by atoms with Crippen LogP contribution in [-0.2, 0) is 0 Å². The molecule has 0 unspecified atom stereocenters. The van der Waals surface area contributed by atoms with E-state index >= 15 is 0 Å². The number of hydrogen-bond donors (Lipinski definition) is 1. The SMILES string of the molecule is CC=C(C)n1cc(C)c(NC(=O)c2ccccc2)nc1=O. The van der Waals surface area contributed by atoms with Crippen LogP contribution in [0.4, 0.5) is 5.82 Å². The quantitative estimate of drug-likeness (QED) is 0.942. The third-order valence-corrected chi connectivity index (χ3v) is 3.18. The molecule has 0 saturated heterocycles. The minimum absolute atomic E-state index is 0.286. The fourth-order valence-electron chi connectivity index (χ4n) is 1.84. The monoisotopic (exact) mass is 283 g/mol. The molecule has 108 valence electrons. The molecule has 2 aromatic rings. The molecule has 0 spiro atoms. The number of nitrogens with zero attached hydrogens (tertiary/aromatic N) is 2. The fraction of sp³-hybridized carbons (Fsp3) is 0.188. The van der Waals surface area contributed by atoms with Crippen LogP contribution in [0.15, 0.2) is 47.4 Å². The van der Waals surface area contributed by atoms with Gasteiger partial charge in [0.25, 0.3) is 5.91 Å². The van der Waals surface area contributed by atoms with E-state index < -0.39 is 5.69 Å².